The van der Waals surface area contributed by atoms with Crippen molar-refractivity contribution in [3.8, 4) is 5.75 Å². The SMILES string of the molecule is COCc1cc2c(Nc3cc([C@@H]4C[C@H](F)[C@H](OC(=O)NC56CC(C5)C6)C4)nn3COC(=O)CC(C)(C)c3c(C)cc(C)cc3OP(=O)(O)O)nccn2n1. The Hall–Kier alpha value is -4.57. The average molecular weight is 770 g/mol. The number of aromatic nitrogens is 5. The lowest BCUT2D eigenvalue weighted by Crippen LogP contribution is -2.68. The Kier molecular flexibility index (Phi) is 9.96. The van der Waals surface area contributed by atoms with Crippen LogP contribution in [0.3, 0.4) is 0 Å². The molecule has 4 N–H and O–H groups in total. The van der Waals surface area contributed by atoms with Crippen LogP contribution in [0, 0.1) is 19.8 Å². The van der Waals surface area contributed by atoms with Gasteiger partial charge < -0.3 is 29.4 Å². The average Bonchev–Trinajstić information content (AvgIpc) is 3.73. The maximum Gasteiger partial charge on any atom is 0.524 e. The number of rotatable bonds is 14. The van der Waals surface area contributed by atoms with Gasteiger partial charge in [-0.05, 0) is 75.1 Å². The number of carbonyl (C=O) groups is 2. The summed E-state index contributed by atoms with van der Waals surface area (Å²) in [6.45, 7) is 7.03. The van der Waals surface area contributed by atoms with E-state index in [1.165, 1.54) is 10.7 Å². The van der Waals surface area contributed by atoms with Crippen molar-refractivity contribution < 1.29 is 47.1 Å². The third-order valence-corrected chi connectivity index (χ3v) is 11.0. The number of benzene rings is 1. The van der Waals surface area contributed by atoms with E-state index in [9.17, 15) is 23.9 Å². The van der Waals surface area contributed by atoms with Crippen LogP contribution in [0.5, 0.6) is 5.75 Å². The first-order chi connectivity index (χ1) is 25.5. The molecule has 4 aromatic rings. The number of hydrogen-bond acceptors (Lipinski definition) is 11. The molecule has 0 saturated heterocycles. The van der Waals surface area contributed by atoms with E-state index >= 15 is 4.39 Å². The van der Waals surface area contributed by atoms with Crippen LogP contribution >= 0.6 is 7.82 Å². The molecule has 290 valence electrons. The summed E-state index contributed by atoms with van der Waals surface area (Å²) in [5.41, 5.74) is 2.57. The van der Waals surface area contributed by atoms with Crippen LogP contribution < -0.4 is 15.2 Å². The van der Waals surface area contributed by atoms with Crippen molar-refractivity contribution in [2.75, 3.05) is 12.4 Å². The number of methoxy groups -OCH3 is 1. The first-order valence-electron chi connectivity index (χ1n) is 17.8. The number of phosphoric ester groups is 1. The molecule has 0 radical (unpaired) electrons. The lowest BCUT2D eigenvalue weighted by molar-refractivity contribution is -0.149. The molecular weight excluding hydrogens is 724 g/mol. The summed E-state index contributed by atoms with van der Waals surface area (Å²) in [4.78, 5) is 49.7. The number of carbonyl (C=O) groups excluding carboxylic acids is 2. The minimum atomic E-state index is -4.89. The van der Waals surface area contributed by atoms with Crippen molar-refractivity contribution in [1.82, 2.24) is 29.7 Å². The van der Waals surface area contributed by atoms with Gasteiger partial charge in [0.05, 0.1) is 24.4 Å². The number of fused-ring (bicyclic) bond motifs is 1. The van der Waals surface area contributed by atoms with E-state index in [1.807, 2.05) is 12.1 Å². The van der Waals surface area contributed by atoms with Crippen LogP contribution in [0.15, 0.2) is 36.7 Å². The molecule has 0 aliphatic heterocycles. The fourth-order valence-electron chi connectivity index (χ4n) is 8.20. The van der Waals surface area contributed by atoms with Crippen LogP contribution in [0.2, 0.25) is 0 Å². The third kappa shape index (κ3) is 7.95. The van der Waals surface area contributed by atoms with E-state index < -0.39 is 43.5 Å². The molecule has 0 spiro atoms. The molecule has 3 aromatic heterocycles. The lowest BCUT2D eigenvalue weighted by atomic mass is 9.50. The van der Waals surface area contributed by atoms with E-state index in [2.05, 4.69) is 20.7 Å². The van der Waals surface area contributed by atoms with Crippen LogP contribution in [-0.2, 0) is 42.3 Å². The third-order valence-electron chi connectivity index (χ3n) is 10.6. The Morgan fingerprint density at radius 3 is 2.56 bits per heavy atom. The van der Waals surface area contributed by atoms with E-state index in [-0.39, 0.29) is 37.3 Å². The monoisotopic (exact) mass is 769 g/mol. The molecule has 18 heteroatoms. The highest BCUT2D eigenvalue weighted by molar-refractivity contribution is 7.46. The van der Waals surface area contributed by atoms with Gasteiger partial charge in [-0.15, -0.1) is 0 Å². The summed E-state index contributed by atoms with van der Waals surface area (Å²) in [5.74, 6) is 0.481. The van der Waals surface area contributed by atoms with E-state index in [0.29, 0.717) is 52.2 Å². The molecule has 4 saturated carbocycles. The highest BCUT2D eigenvalue weighted by Crippen LogP contribution is 2.57. The second kappa shape index (κ2) is 14.3. The van der Waals surface area contributed by atoms with Gasteiger partial charge in [-0.25, -0.2) is 27.9 Å². The highest BCUT2D eigenvalue weighted by atomic mass is 31.2. The van der Waals surface area contributed by atoms with Gasteiger partial charge in [0.2, 0.25) is 0 Å². The van der Waals surface area contributed by atoms with Crippen molar-refractivity contribution in [1.29, 1.82) is 0 Å². The summed E-state index contributed by atoms with van der Waals surface area (Å²) in [5, 5.41) is 15.4. The number of amides is 1. The van der Waals surface area contributed by atoms with E-state index in [4.69, 9.17) is 23.8 Å². The molecule has 1 aromatic carbocycles. The second-order valence-electron chi connectivity index (χ2n) is 15.5. The standard InChI is InChI=1S/C36H45FN7O9P/c1-20-8-21(2)32(29(9-20)53-54(47,48)49)35(3,4)17-31(45)51-19-44-30(39-33-27-12-24(18-50-5)41-43(27)7-6-38-33)13-26(42-44)23-10-25(37)28(11-23)52-34(46)40-36-14-22(15-36)16-36/h6-9,12-13,22-23,25,28H,10-11,14-19H2,1-5H3,(H,38,39)(H,40,46)(H2,47,48,49)/t22?,23-,25+,28-,36?/m1/s1. The minimum Gasteiger partial charge on any atom is -0.443 e. The summed E-state index contributed by atoms with van der Waals surface area (Å²) in [7, 11) is -3.32. The molecule has 4 aliphatic rings. The van der Waals surface area contributed by atoms with Crippen molar-refractivity contribution in [2.24, 2.45) is 5.92 Å². The molecule has 3 atom stereocenters. The zero-order valence-corrected chi connectivity index (χ0v) is 31.6. The van der Waals surface area contributed by atoms with Crippen LogP contribution in [0.25, 0.3) is 5.52 Å². The summed E-state index contributed by atoms with van der Waals surface area (Å²) in [6.07, 6.45) is 3.31. The molecule has 54 heavy (non-hydrogen) atoms. The molecule has 0 unspecified atom stereocenters. The molecular formula is C36H45FN7O9P. The number of hydrogen-bond donors (Lipinski definition) is 4. The topological polar surface area (TPSA) is 201 Å². The fourth-order valence-corrected chi connectivity index (χ4v) is 8.60. The fraction of sp³-hybridized carbons (Fsp3) is 0.528. The first-order valence-corrected chi connectivity index (χ1v) is 19.4. The normalized spacial score (nSPS) is 23.4. The predicted molar refractivity (Wildman–Crippen MR) is 192 cm³/mol. The second-order valence-corrected chi connectivity index (χ2v) is 16.7. The molecule has 8 rings (SSSR count). The van der Waals surface area contributed by atoms with Gasteiger partial charge in [0, 0.05) is 48.0 Å². The van der Waals surface area contributed by atoms with Crippen molar-refractivity contribution in [2.45, 2.75) is 109 Å². The molecule has 3 heterocycles. The molecule has 4 aliphatic carbocycles. The highest BCUT2D eigenvalue weighted by Gasteiger charge is 2.58. The van der Waals surface area contributed by atoms with Gasteiger partial charge in [0.1, 0.15) is 29.4 Å². The number of nitrogens with zero attached hydrogens (tertiary/aromatic N) is 5. The van der Waals surface area contributed by atoms with Gasteiger partial charge in [-0.1, -0.05) is 19.9 Å². The van der Waals surface area contributed by atoms with E-state index in [0.717, 1.165) is 24.8 Å². The minimum absolute atomic E-state index is 0.0149. The van der Waals surface area contributed by atoms with Gasteiger partial charge in [0.25, 0.3) is 0 Å². The Bertz CT molecular complexity index is 2110. The van der Waals surface area contributed by atoms with Gasteiger partial charge in [0.15, 0.2) is 12.5 Å². The number of alkyl carbamates (subject to hydrolysis) is 1. The summed E-state index contributed by atoms with van der Waals surface area (Å²) < 4.78 is 51.8. The number of phosphoric acid groups is 1. The van der Waals surface area contributed by atoms with Crippen molar-refractivity contribution in [3.05, 3.63) is 64.7 Å². The number of halogens is 1. The maximum atomic E-state index is 15.3. The van der Waals surface area contributed by atoms with Crippen LogP contribution in [-0.4, -0.2) is 71.2 Å². The largest absolute Gasteiger partial charge is 0.524 e. The number of ether oxygens (including phenoxy) is 3. The van der Waals surface area contributed by atoms with Gasteiger partial charge >= 0.3 is 19.9 Å². The molecule has 2 bridgehead atoms. The summed E-state index contributed by atoms with van der Waals surface area (Å²) >= 11 is 0. The maximum absolute atomic E-state index is 15.3. The lowest BCUT2D eigenvalue weighted by Gasteiger charge is -2.61. The van der Waals surface area contributed by atoms with E-state index in [1.54, 1.807) is 57.8 Å². The van der Waals surface area contributed by atoms with Crippen LogP contribution in [0.4, 0.5) is 20.8 Å². The van der Waals surface area contributed by atoms with Gasteiger partial charge in [-0.2, -0.15) is 10.2 Å². The zero-order chi connectivity index (χ0) is 38.6. The predicted octanol–water partition coefficient (Wildman–Crippen LogP) is 5.64. The summed E-state index contributed by atoms with van der Waals surface area (Å²) in [6, 6.07) is 6.92. The Labute approximate surface area is 311 Å². The quantitative estimate of drug-likeness (QED) is 0.0909. The Morgan fingerprint density at radius 1 is 1.11 bits per heavy atom. The number of aryl methyl sites for hydroxylation is 2. The first kappa shape index (κ1) is 37.7. The number of anilines is 2. The number of alkyl halides is 1. The van der Waals surface area contributed by atoms with Crippen molar-refractivity contribution >= 4 is 37.0 Å². The Balaban J connectivity index is 1.10. The zero-order valence-electron chi connectivity index (χ0n) is 30.7. The number of esters is 1. The van der Waals surface area contributed by atoms with Gasteiger partial charge in [-0.3, -0.25) is 14.6 Å². The number of nitrogens with one attached hydrogen (secondary N) is 2. The molecule has 4 fully saturated rings. The van der Waals surface area contributed by atoms with Crippen LogP contribution in [0.1, 0.15) is 86.4 Å². The molecule has 16 nitrogen and oxygen atoms in total. The smallest absolute Gasteiger partial charge is 0.443 e. The Morgan fingerprint density at radius 2 is 1.87 bits per heavy atom. The molecule has 1 amide bonds. The van der Waals surface area contributed by atoms with Crippen molar-refractivity contribution in [3.63, 3.8) is 0 Å².